The van der Waals surface area contributed by atoms with Gasteiger partial charge in [0.15, 0.2) is 0 Å². The van der Waals surface area contributed by atoms with Gasteiger partial charge in [0.2, 0.25) is 0 Å². The summed E-state index contributed by atoms with van der Waals surface area (Å²) in [6.45, 7) is 4.62. The molecule has 1 fully saturated rings. The molecule has 0 heterocycles. The Balaban J connectivity index is 1.95. The predicted octanol–water partition coefficient (Wildman–Crippen LogP) is 3.83. The number of hydrogen-bond donors (Lipinski definition) is 1. The molecule has 1 N–H and O–H groups in total. The quantitative estimate of drug-likeness (QED) is 0.882. The second kappa shape index (κ2) is 5.72. The Hall–Kier alpha value is -1.38. The van der Waals surface area contributed by atoms with Crippen molar-refractivity contribution in [2.24, 2.45) is 5.41 Å². The monoisotopic (exact) mass is 263 g/mol. The summed E-state index contributed by atoms with van der Waals surface area (Å²) in [6.07, 6.45) is 6.16. The number of amides is 1. The molecule has 1 saturated carbocycles. The van der Waals surface area contributed by atoms with Crippen LogP contribution in [0.1, 0.15) is 54.9 Å². The van der Waals surface area contributed by atoms with E-state index in [4.69, 9.17) is 0 Å². The maximum atomic E-state index is 13.2. The van der Waals surface area contributed by atoms with Crippen LogP contribution in [-0.4, -0.2) is 12.5 Å². The molecule has 0 unspecified atom stereocenters. The third-order valence-corrected chi connectivity index (χ3v) is 4.16. The molecular formula is C16H22FNO. The zero-order valence-corrected chi connectivity index (χ0v) is 11.8. The molecule has 1 aromatic carbocycles. The summed E-state index contributed by atoms with van der Waals surface area (Å²) in [5, 5.41) is 2.99. The van der Waals surface area contributed by atoms with Crippen LogP contribution in [0.4, 0.5) is 4.39 Å². The third-order valence-electron chi connectivity index (χ3n) is 4.16. The van der Waals surface area contributed by atoms with Crippen molar-refractivity contribution in [3.8, 4) is 0 Å². The standard InChI is InChI=1S/C16H22FNO/c1-12-10-13(6-7-14(12)17)15(19)18-11-16(2)8-4-3-5-9-16/h6-7,10H,3-5,8-9,11H2,1-2H3,(H,18,19). The van der Waals surface area contributed by atoms with E-state index in [0.717, 1.165) is 0 Å². The van der Waals surface area contributed by atoms with Crippen LogP contribution >= 0.6 is 0 Å². The van der Waals surface area contributed by atoms with Gasteiger partial charge >= 0.3 is 0 Å². The molecule has 0 saturated heterocycles. The average Bonchev–Trinajstić information content (AvgIpc) is 2.40. The molecule has 19 heavy (non-hydrogen) atoms. The molecule has 0 aliphatic heterocycles. The summed E-state index contributed by atoms with van der Waals surface area (Å²) >= 11 is 0. The predicted molar refractivity (Wildman–Crippen MR) is 74.7 cm³/mol. The molecule has 3 heteroatoms. The van der Waals surface area contributed by atoms with Crippen molar-refractivity contribution in [1.29, 1.82) is 0 Å². The van der Waals surface area contributed by atoms with Crippen molar-refractivity contribution >= 4 is 5.91 Å². The van der Waals surface area contributed by atoms with Crippen LogP contribution in [0.25, 0.3) is 0 Å². The van der Waals surface area contributed by atoms with E-state index in [1.54, 1.807) is 19.1 Å². The van der Waals surface area contributed by atoms with Crippen molar-refractivity contribution in [1.82, 2.24) is 5.32 Å². The number of nitrogens with one attached hydrogen (secondary N) is 1. The molecule has 1 aliphatic rings. The van der Waals surface area contributed by atoms with E-state index in [1.807, 2.05) is 0 Å². The minimum Gasteiger partial charge on any atom is -0.351 e. The lowest BCUT2D eigenvalue weighted by Crippen LogP contribution is -2.37. The summed E-state index contributed by atoms with van der Waals surface area (Å²) in [5.41, 5.74) is 1.28. The maximum Gasteiger partial charge on any atom is 0.251 e. The van der Waals surface area contributed by atoms with Gasteiger partial charge in [0.25, 0.3) is 5.91 Å². The van der Waals surface area contributed by atoms with Gasteiger partial charge in [-0.15, -0.1) is 0 Å². The number of benzene rings is 1. The third kappa shape index (κ3) is 3.55. The highest BCUT2D eigenvalue weighted by molar-refractivity contribution is 5.94. The van der Waals surface area contributed by atoms with Crippen LogP contribution in [0.5, 0.6) is 0 Å². The van der Waals surface area contributed by atoms with Crippen LogP contribution in [0.15, 0.2) is 18.2 Å². The minimum absolute atomic E-state index is 0.102. The summed E-state index contributed by atoms with van der Waals surface area (Å²) < 4.78 is 13.2. The van der Waals surface area contributed by atoms with E-state index in [-0.39, 0.29) is 17.1 Å². The summed E-state index contributed by atoms with van der Waals surface area (Å²) in [7, 11) is 0. The van der Waals surface area contributed by atoms with E-state index >= 15 is 0 Å². The number of carbonyl (C=O) groups excluding carboxylic acids is 1. The first kappa shape index (κ1) is 14.0. The molecule has 0 atom stereocenters. The molecule has 2 nitrogen and oxygen atoms in total. The normalized spacial score (nSPS) is 18.1. The Kier molecular flexibility index (Phi) is 4.23. The number of carbonyl (C=O) groups is 1. The molecule has 2 rings (SSSR count). The van der Waals surface area contributed by atoms with Crippen LogP contribution in [0, 0.1) is 18.2 Å². The zero-order valence-electron chi connectivity index (χ0n) is 11.8. The topological polar surface area (TPSA) is 29.1 Å². The number of hydrogen-bond acceptors (Lipinski definition) is 1. The van der Waals surface area contributed by atoms with E-state index in [9.17, 15) is 9.18 Å². The van der Waals surface area contributed by atoms with E-state index in [1.165, 1.54) is 38.2 Å². The average molecular weight is 263 g/mol. The molecular weight excluding hydrogens is 241 g/mol. The first-order chi connectivity index (χ1) is 9.00. The smallest absolute Gasteiger partial charge is 0.251 e. The van der Waals surface area contributed by atoms with Crippen LogP contribution in [-0.2, 0) is 0 Å². The first-order valence-corrected chi connectivity index (χ1v) is 7.05. The fraction of sp³-hybridized carbons (Fsp3) is 0.562. The Bertz CT molecular complexity index is 464. The van der Waals surface area contributed by atoms with Crippen LogP contribution in [0.2, 0.25) is 0 Å². The summed E-state index contributed by atoms with van der Waals surface area (Å²) in [4.78, 5) is 12.1. The Labute approximate surface area is 114 Å². The van der Waals surface area contributed by atoms with Crippen molar-refractivity contribution in [2.75, 3.05) is 6.54 Å². The highest BCUT2D eigenvalue weighted by Gasteiger charge is 2.27. The molecule has 1 aliphatic carbocycles. The number of aryl methyl sites for hydroxylation is 1. The van der Waals surface area contributed by atoms with Gasteiger partial charge in [-0.2, -0.15) is 0 Å². The molecule has 104 valence electrons. The van der Waals surface area contributed by atoms with Crippen molar-refractivity contribution < 1.29 is 9.18 Å². The van der Waals surface area contributed by atoms with Crippen molar-refractivity contribution in [3.63, 3.8) is 0 Å². The maximum absolute atomic E-state index is 13.2. The minimum atomic E-state index is -0.268. The Morgan fingerprint density at radius 1 is 1.32 bits per heavy atom. The number of halogens is 1. The lowest BCUT2D eigenvalue weighted by atomic mass is 9.76. The Morgan fingerprint density at radius 3 is 2.63 bits per heavy atom. The lowest BCUT2D eigenvalue weighted by Gasteiger charge is -2.33. The van der Waals surface area contributed by atoms with Gasteiger partial charge in [0.1, 0.15) is 5.82 Å². The Morgan fingerprint density at radius 2 is 2.00 bits per heavy atom. The highest BCUT2D eigenvalue weighted by atomic mass is 19.1. The van der Waals surface area contributed by atoms with Gasteiger partial charge in [-0.05, 0) is 48.9 Å². The summed E-state index contributed by atoms with van der Waals surface area (Å²) in [5.74, 6) is -0.370. The largest absolute Gasteiger partial charge is 0.351 e. The van der Waals surface area contributed by atoms with Gasteiger partial charge in [0, 0.05) is 12.1 Å². The molecule has 0 spiro atoms. The first-order valence-electron chi connectivity index (χ1n) is 7.05. The molecule has 1 aromatic rings. The van der Waals surface area contributed by atoms with Crippen molar-refractivity contribution in [3.05, 3.63) is 35.1 Å². The number of rotatable bonds is 3. The molecule has 0 aromatic heterocycles. The fourth-order valence-electron chi connectivity index (χ4n) is 2.76. The highest BCUT2D eigenvalue weighted by Crippen LogP contribution is 2.34. The SMILES string of the molecule is Cc1cc(C(=O)NCC2(C)CCCCC2)ccc1F. The van der Waals surface area contributed by atoms with Gasteiger partial charge in [-0.25, -0.2) is 4.39 Å². The van der Waals surface area contributed by atoms with Gasteiger partial charge in [-0.1, -0.05) is 26.2 Å². The fourth-order valence-corrected chi connectivity index (χ4v) is 2.76. The molecule has 0 radical (unpaired) electrons. The van der Waals surface area contributed by atoms with E-state index in [2.05, 4.69) is 12.2 Å². The van der Waals surface area contributed by atoms with Crippen LogP contribution in [0.3, 0.4) is 0 Å². The zero-order chi connectivity index (χ0) is 13.9. The van der Waals surface area contributed by atoms with Gasteiger partial charge < -0.3 is 5.32 Å². The second-order valence-electron chi connectivity index (χ2n) is 6.02. The van der Waals surface area contributed by atoms with Crippen molar-refractivity contribution in [2.45, 2.75) is 46.0 Å². The van der Waals surface area contributed by atoms with Gasteiger partial charge in [-0.3, -0.25) is 4.79 Å². The lowest BCUT2D eigenvalue weighted by molar-refractivity contribution is 0.0919. The van der Waals surface area contributed by atoms with E-state index in [0.29, 0.717) is 17.7 Å². The molecule has 1 amide bonds. The molecule has 0 bridgehead atoms. The summed E-state index contributed by atoms with van der Waals surface area (Å²) in [6, 6.07) is 4.50. The van der Waals surface area contributed by atoms with Crippen LogP contribution < -0.4 is 5.32 Å². The second-order valence-corrected chi connectivity index (χ2v) is 6.02. The van der Waals surface area contributed by atoms with Gasteiger partial charge in [0.05, 0.1) is 0 Å². The van der Waals surface area contributed by atoms with E-state index < -0.39 is 0 Å².